The van der Waals surface area contributed by atoms with Gasteiger partial charge in [-0.05, 0) is 24.7 Å². The van der Waals surface area contributed by atoms with Crippen molar-refractivity contribution in [3.8, 4) is 0 Å². The summed E-state index contributed by atoms with van der Waals surface area (Å²) in [5.74, 6) is -0.278. The number of aliphatic carboxylic acids is 1. The van der Waals surface area contributed by atoms with Crippen LogP contribution < -0.4 is 5.32 Å². The van der Waals surface area contributed by atoms with E-state index in [0.29, 0.717) is 31.2 Å². The molecule has 3 unspecified atom stereocenters. The van der Waals surface area contributed by atoms with Gasteiger partial charge >= 0.3 is 5.97 Å². The predicted molar refractivity (Wildman–Crippen MR) is 62.5 cm³/mol. The second-order valence-corrected chi connectivity index (χ2v) is 5.00. The van der Waals surface area contributed by atoms with Crippen LogP contribution in [0.15, 0.2) is 0 Å². The molecule has 0 saturated carbocycles. The standard InChI is InChI=1S/C12H21NO4/c1-7(2)8(3)6-13-11(14)9-4-5-10(17-9)12(15)16/h7-10H,4-6H2,1-3H3,(H,13,14)(H,15,16). The third-order valence-corrected chi connectivity index (χ3v) is 3.32. The summed E-state index contributed by atoms with van der Waals surface area (Å²) >= 11 is 0. The van der Waals surface area contributed by atoms with E-state index in [2.05, 4.69) is 26.1 Å². The van der Waals surface area contributed by atoms with Crippen molar-refractivity contribution in [2.75, 3.05) is 6.54 Å². The van der Waals surface area contributed by atoms with Crippen molar-refractivity contribution in [3.63, 3.8) is 0 Å². The molecule has 1 aliphatic heterocycles. The van der Waals surface area contributed by atoms with E-state index in [1.165, 1.54) is 0 Å². The second kappa shape index (κ2) is 6.00. The van der Waals surface area contributed by atoms with Crippen molar-refractivity contribution in [3.05, 3.63) is 0 Å². The SMILES string of the molecule is CC(C)C(C)CNC(=O)C1CCC(C(=O)O)O1. The van der Waals surface area contributed by atoms with Crippen molar-refractivity contribution in [1.29, 1.82) is 0 Å². The molecule has 0 spiro atoms. The van der Waals surface area contributed by atoms with Crippen molar-refractivity contribution in [1.82, 2.24) is 5.32 Å². The number of carboxylic acids is 1. The van der Waals surface area contributed by atoms with Crippen LogP contribution in [0.4, 0.5) is 0 Å². The first kappa shape index (κ1) is 14.0. The van der Waals surface area contributed by atoms with Gasteiger partial charge in [-0.1, -0.05) is 20.8 Å². The zero-order valence-electron chi connectivity index (χ0n) is 10.6. The highest BCUT2D eigenvalue weighted by atomic mass is 16.5. The first-order valence-corrected chi connectivity index (χ1v) is 6.07. The van der Waals surface area contributed by atoms with Crippen LogP contribution in [0, 0.1) is 11.8 Å². The van der Waals surface area contributed by atoms with Crippen molar-refractivity contribution in [2.24, 2.45) is 11.8 Å². The predicted octanol–water partition coefficient (Wildman–Crippen LogP) is 1.03. The number of hydrogen-bond donors (Lipinski definition) is 2. The molecule has 5 nitrogen and oxygen atoms in total. The molecule has 1 rings (SSSR count). The van der Waals surface area contributed by atoms with Gasteiger partial charge in [0.1, 0.15) is 6.10 Å². The molecule has 1 aliphatic rings. The smallest absolute Gasteiger partial charge is 0.332 e. The minimum atomic E-state index is -0.990. The molecule has 1 fully saturated rings. The fourth-order valence-electron chi connectivity index (χ4n) is 1.62. The largest absolute Gasteiger partial charge is 0.479 e. The Bertz CT molecular complexity index is 290. The molecule has 1 saturated heterocycles. The first-order chi connectivity index (χ1) is 7.91. The van der Waals surface area contributed by atoms with Crippen molar-refractivity contribution >= 4 is 11.9 Å². The summed E-state index contributed by atoms with van der Waals surface area (Å²) in [6.45, 7) is 6.88. The highest BCUT2D eigenvalue weighted by Gasteiger charge is 2.34. The average molecular weight is 243 g/mol. The number of rotatable bonds is 5. The fraction of sp³-hybridized carbons (Fsp3) is 0.833. The normalized spacial score (nSPS) is 25.9. The molecule has 0 aromatic carbocycles. The van der Waals surface area contributed by atoms with Gasteiger partial charge in [0, 0.05) is 6.54 Å². The van der Waals surface area contributed by atoms with Gasteiger partial charge in [0.2, 0.25) is 5.91 Å². The van der Waals surface area contributed by atoms with E-state index in [1.54, 1.807) is 0 Å². The van der Waals surface area contributed by atoms with Crippen LogP contribution >= 0.6 is 0 Å². The summed E-state index contributed by atoms with van der Waals surface area (Å²) in [4.78, 5) is 22.4. The first-order valence-electron chi connectivity index (χ1n) is 6.07. The summed E-state index contributed by atoms with van der Waals surface area (Å²) < 4.78 is 5.17. The topological polar surface area (TPSA) is 75.6 Å². The Kier molecular flexibility index (Phi) is 4.93. The molecule has 0 aromatic heterocycles. The quantitative estimate of drug-likeness (QED) is 0.756. The Morgan fingerprint density at radius 1 is 1.29 bits per heavy atom. The number of amides is 1. The number of carbonyl (C=O) groups is 2. The summed E-state index contributed by atoms with van der Waals surface area (Å²) in [6, 6.07) is 0. The van der Waals surface area contributed by atoms with Crippen LogP contribution in [-0.2, 0) is 14.3 Å². The molecule has 0 aliphatic carbocycles. The third kappa shape index (κ3) is 4.00. The summed E-state index contributed by atoms with van der Waals surface area (Å²) in [5, 5.41) is 11.6. The van der Waals surface area contributed by atoms with E-state index >= 15 is 0 Å². The van der Waals surface area contributed by atoms with E-state index < -0.39 is 18.2 Å². The molecule has 0 bridgehead atoms. The highest BCUT2D eigenvalue weighted by molar-refractivity contribution is 5.82. The number of carboxylic acid groups (broad SMARTS) is 1. The number of carbonyl (C=O) groups excluding carboxylic acids is 1. The lowest BCUT2D eigenvalue weighted by molar-refractivity contribution is -0.151. The van der Waals surface area contributed by atoms with Gasteiger partial charge < -0.3 is 15.2 Å². The van der Waals surface area contributed by atoms with Gasteiger partial charge in [0.25, 0.3) is 0 Å². The van der Waals surface area contributed by atoms with Crippen LogP contribution in [-0.4, -0.2) is 35.7 Å². The Hall–Kier alpha value is -1.10. The van der Waals surface area contributed by atoms with Gasteiger partial charge in [0.15, 0.2) is 6.10 Å². The molecular weight excluding hydrogens is 222 g/mol. The van der Waals surface area contributed by atoms with Crippen molar-refractivity contribution in [2.45, 2.75) is 45.8 Å². The number of nitrogens with one attached hydrogen (secondary N) is 1. The Morgan fingerprint density at radius 2 is 1.88 bits per heavy atom. The third-order valence-electron chi connectivity index (χ3n) is 3.32. The molecular formula is C12H21NO4. The number of hydrogen-bond acceptors (Lipinski definition) is 3. The summed E-state index contributed by atoms with van der Waals surface area (Å²) in [7, 11) is 0. The molecule has 1 amide bonds. The second-order valence-electron chi connectivity index (χ2n) is 5.00. The van der Waals surface area contributed by atoms with E-state index in [4.69, 9.17) is 9.84 Å². The maximum Gasteiger partial charge on any atom is 0.332 e. The van der Waals surface area contributed by atoms with Gasteiger partial charge in [0.05, 0.1) is 0 Å². The van der Waals surface area contributed by atoms with Crippen LogP contribution in [0.25, 0.3) is 0 Å². The van der Waals surface area contributed by atoms with Crippen LogP contribution in [0.5, 0.6) is 0 Å². The zero-order valence-corrected chi connectivity index (χ0v) is 10.6. The average Bonchev–Trinajstić information content (AvgIpc) is 2.74. The minimum Gasteiger partial charge on any atom is -0.479 e. The van der Waals surface area contributed by atoms with E-state index in [0.717, 1.165) is 0 Å². The van der Waals surface area contributed by atoms with E-state index in [1.807, 2.05) is 0 Å². The van der Waals surface area contributed by atoms with Gasteiger partial charge in [-0.3, -0.25) is 4.79 Å². The summed E-state index contributed by atoms with van der Waals surface area (Å²) in [5.41, 5.74) is 0. The van der Waals surface area contributed by atoms with Gasteiger partial charge in [-0.25, -0.2) is 4.79 Å². The highest BCUT2D eigenvalue weighted by Crippen LogP contribution is 2.20. The van der Waals surface area contributed by atoms with Crippen LogP contribution in [0.1, 0.15) is 33.6 Å². The Balaban J connectivity index is 2.32. The van der Waals surface area contributed by atoms with Gasteiger partial charge in [-0.2, -0.15) is 0 Å². The lowest BCUT2D eigenvalue weighted by atomic mass is 9.98. The fourth-order valence-corrected chi connectivity index (χ4v) is 1.62. The zero-order chi connectivity index (χ0) is 13.0. The van der Waals surface area contributed by atoms with Crippen molar-refractivity contribution < 1.29 is 19.4 Å². The Labute approximate surface area is 102 Å². The molecule has 98 valence electrons. The summed E-state index contributed by atoms with van der Waals surface area (Å²) in [6.07, 6.45) is -0.532. The molecule has 1 heterocycles. The van der Waals surface area contributed by atoms with Gasteiger partial charge in [-0.15, -0.1) is 0 Å². The lowest BCUT2D eigenvalue weighted by Gasteiger charge is -2.18. The molecule has 5 heteroatoms. The lowest BCUT2D eigenvalue weighted by Crippen LogP contribution is -2.38. The van der Waals surface area contributed by atoms with E-state index in [-0.39, 0.29) is 5.91 Å². The molecule has 0 radical (unpaired) electrons. The monoisotopic (exact) mass is 243 g/mol. The molecule has 17 heavy (non-hydrogen) atoms. The maximum absolute atomic E-state index is 11.7. The maximum atomic E-state index is 11.7. The van der Waals surface area contributed by atoms with E-state index in [9.17, 15) is 9.59 Å². The van der Waals surface area contributed by atoms with Crippen LogP contribution in [0.2, 0.25) is 0 Å². The number of ether oxygens (including phenoxy) is 1. The molecule has 0 aromatic rings. The Morgan fingerprint density at radius 3 is 2.35 bits per heavy atom. The molecule has 2 N–H and O–H groups in total. The van der Waals surface area contributed by atoms with Crippen LogP contribution in [0.3, 0.4) is 0 Å². The minimum absolute atomic E-state index is 0.193. The molecule has 3 atom stereocenters.